The van der Waals surface area contributed by atoms with E-state index in [4.69, 9.17) is 4.99 Å². The number of aryl methyl sites for hydroxylation is 1. The Balaban J connectivity index is 1.53. The highest BCUT2D eigenvalue weighted by molar-refractivity contribution is 7.99. The Morgan fingerprint density at radius 3 is 2.53 bits per heavy atom. The number of H-pyrrole nitrogens is 1. The van der Waals surface area contributed by atoms with Crippen molar-refractivity contribution in [2.45, 2.75) is 23.6 Å². The summed E-state index contributed by atoms with van der Waals surface area (Å²) in [6.07, 6.45) is 0. The Bertz CT molecular complexity index is 1460. The molecule has 5 aromatic rings. The number of rotatable bonds is 5. The van der Waals surface area contributed by atoms with Gasteiger partial charge < -0.3 is 0 Å². The van der Waals surface area contributed by atoms with E-state index >= 15 is 0 Å². The molecule has 32 heavy (non-hydrogen) atoms. The summed E-state index contributed by atoms with van der Waals surface area (Å²) in [5, 5.41) is 3.80. The smallest absolute Gasteiger partial charge is 0.282 e. The van der Waals surface area contributed by atoms with E-state index in [0.29, 0.717) is 16.4 Å². The average Bonchev–Trinajstić information content (AvgIpc) is 3.36. The van der Waals surface area contributed by atoms with E-state index in [1.807, 2.05) is 80.6 Å². The summed E-state index contributed by atoms with van der Waals surface area (Å²) < 4.78 is 2.55. The summed E-state index contributed by atoms with van der Waals surface area (Å²) >= 11 is 3.14. The molecule has 0 fully saturated rings. The number of fused-ring (bicyclic) bond motifs is 1. The van der Waals surface area contributed by atoms with Crippen molar-refractivity contribution in [3.63, 3.8) is 0 Å². The number of aromatic nitrogens is 3. The van der Waals surface area contributed by atoms with Crippen LogP contribution in [-0.4, -0.2) is 20.5 Å². The Morgan fingerprint density at radius 2 is 1.72 bits per heavy atom. The van der Waals surface area contributed by atoms with E-state index in [0.717, 1.165) is 31.4 Å². The van der Waals surface area contributed by atoms with Crippen LogP contribution in [0.25, 0.3) is 15.3 Å². The van der Waals surface area contributed by atoms with Gasteiger partial charge in [0, 0.05) is 15.5 Å². The van der Waals surface area contributed by atoms with E-state index in [9.17, 15) is 4.79 Å². The maximum absolute atomic E-state index is 13.3. The van der Waals surface area contributed by atoms with Gasteiger partial charge in [-0.25, -0.2) is 4.98 Å². The SMILES string of the molecule is CC(=Nc1ccccc1Sc1ccccc1)c1c(C)[nH]n(-c2nc3ccccc3s2)c1=O. The molecule has 3 aromatic carbocycles. The number of aliphatic imine (C=N–C) groups is 1. The van der Waals surface area contributed by atoms with Gasteiger partial charge in [-0.05, 0) is 50.2 Å². The molecule has 2 heterocycles. The van der Waals surface area contributed by atoms with Gasteiger partial charge in [-0.15, -0.1) is 0 Å². The molecule has 0 spiro atoms. The monoisotopic (exact) mass is 456 g/mol. The van der Waals surface area contributed by atoms with Gasteiger partial charge in [0.15, 0.2) is 0 Å². The maximum atomic E-state index is 13.3. The summed E-state index contributed by atoms with van der Waals surface area (Å²) in [7, 11) is 0. The fourth-order valence-corrected chi connectivity index (χ4v) is 5.39. The van der Waals surface area contributed by atoms with E-state index in [1.54, 1.807) is 11.8 Å². The van der Waals surface area contributed by atoms with Crippen LogP contribution >= 0.6 is 23.1 Å². The predicted molar refractivity (Wildman–Crippen MR) is 133 cm³/mol. The second-order valence-corrected chi connectivity index (χ2v) is 9.42. The zero-order chi connectivity index (χ0) is 22.1. The number of nitrogens with zero attached hydrogens (tertiary/aromatic N) is 3. The highest BCUT2D eigenvalue weighted by Crippen LogP contribution is 2.35. The van der Waals surface area contributed by atoms with Crippen molar-refractivity contribution >= 4 is 44.7 Å². The van der Waals surface area contributed by atoms with Crippen LogP contribution in [-0.2, 0) is 0 Å². The Morgan fingerprint density at radius 1 is 1.00 bits per heavy atom. The largest absolute Gasteiger partial charge is 0.293 e. The van der Waals surface area contributed by atoms with Gasteiger partial charge in [0.1, 0.15) is 0 Å². The Kier molecular flexibility index (Phi) is 5.51. The maximum Gasteiger partial charge on any atom is 0.282 e. The molecular weight excluding hydrogens is 436 g/mol. The lowest BCUT2D eigenvalue weighted by molar-refractivity contribution is 0.829. The van der Waals surface area contributed by atoms with Gasteiger partial charge in [0.25, 0.3) is 5.56 Å². The molecule has 5 nitrogen and oxygen atoms in total. The Hall–Kier alpha value is -3.42. The molecule has 0 aliphatic carbocycles. The van der Waals surface area contributed by atoms with E-state index in [-0.39, 0.29) is 5.56 Å². The van der Waals surface area contributed by atoms with Gasteiger partial charge >= 0.3 is 0 Å². The lowest BCUT2D eigenvalue weighted by Crippen LogP contribution is -2.19. The van der Waals surface area contributed by atoms with Gasteiger partial charge in [0.05, 0.1) is 27.2 Å². The van der Waals surface area contributed by atoms with Gasteiger partial charge in [-0.2, -0.15) is 4.68 Å². The molecule has 0 radical (unpaired) electrons. The average molecular weight is 457 g/mol. The molecule has 2 aromatic heterocycles. The molecule has 5 rings (SSSR count). The topological polar surface area (TPSA) is 63.0 Å². The first-order valence-electron chi connectivity index (χ1n) is 10.2. The van der Waals surface area contributed by atoms with Gasteiger partial charge in [-0.1, -0.05) is 65.6 Å². The first-order chi connectivity index (χ1) is 15.6. The summed E-state index contributed by atoms with van der Waals surface area (Å²) in [6.45, 7) is 3.77. The Labute approximate surface area is 193 Å². The number of benzene rings is 3. The number of hydrogen-bond donors (Lipinski definition) is 1. The predicted octanol–water partition coefficient (Wildman–Crippen LogP) is 6.38. The van der Waals surface area contributed by atoms with Gasteiger partial charge in [-0.3, -0.25) is 14.9 Å². The molecule has 0 atom stereocenters. The normalized spacial score (nSPS) is 11.9. The van der Waals surface area contributed by atoms with Crippen molar-refractivity contribution in [2.75, 3.05) is 0 Å². The van der Waals surface area contributed by atoms with E-state index in [2.05, 4.69) is 22.2 Å². The summed E-state index contributed by atoms with van der Waals surface area (Å²) in [4.78, 5) is 24.9. The first-order valence-corrected chi connectivity index (χ1v) is 11.8. The molecule has 158 valence electrons. The number of aromatic amines is 1. The molecule has 7 heteroatoms. The summed E-state index contributed by atoms with van der Waals surface area (Å²) in [5.41, 5.74) is 3.59. The number of hydrogen-bond acceptors (Lipinski definition) is 5. The number of para-hydroxylation sites is 2. The molecule has 1 N–H and O–H groups in total. The van der Waals surface area contributed by atoms with Crippen molar-refractivity contribution in [1.29, 1.82) is 0 Å². The summed E-state index contributed by atoms with van der Waals surface area (Å²) in [5.74, 6) is 0. The highest BCUT2D eigenvalue weighted by Gasteiger charge is 2.18. The van der Waals surface area contributed by atoms with E-state index < -0.39 is 0 Å². The van der Waals surface area contributed by atoms with Crippen molar-refractivity contribution in [1.82, 2.24) is 14.8 Å². The lowest BCUT2D eigenvalue weighted by atomic mass is 10.2. The molecule has 0 unspecified atom stereocenters. The fourth-order valence-electron chi connectivity index (χ4n) is 3.55. The lowest BCUT2D eigenvalue weighted by Gasteiger charge is -2.06. The molecule has 0 saturated heterocycles. The second-order valence-electron chi connectivity index (χ2n) is 7.30. The number of nitrogens with one attached hydrogen (secondary N) is 1. The van der Waals surface area contributed by atoms with Crippen LogP contribution < -0.4 is 5.56 Å². The third kappa shape index (κ3) is 3.92. The fraction of sp³-hybridized carbons (Fsp3) is 0.0800. The standard InChI is InChI=1S/C25H20N4OS2/c1-16(26-19-12-6-8-14-21(19)31-18-10-4-3-5-11-18)23-17(2)28-29(24(23)30)25-27-20-13-7-9-15-22(20)32-25/h3-15,28H,1-2H3. The number of thiazole rings is 1. The van der Waals surface area contributed by atoms with E-state index in [1.165, 1.54) is 16.0 Å². The zero-order valence-electron chi connectivity index (χ0n) is 17.6. The minimum atomic E-state index is -0.143. The summed E-state index contributed by atoms with van der Waals surface area (Å²) in [6, 6.07) is 26.1. The molecule has 0 saturated carbocycles. The minimum Gasteiger partial charge on any atom is -0.293 e. The minimum absolute atomic E-state index is 0.143. The molecular formula is C25H20N4OS2. The molecule has 0 aliphatic heterocycles. The van der Waals surface area contributed by atoms with Crippen LogP contribution in [0.2, 0.25) is 0 Å². The highest BCUT2D eigenvalue weighted by atomic mass is 32.2. The zero-order valence-corrected chi connectivity index (χ0v) is 19.2. The third-order valence-corrected chi connectivity index (χ3v) is 7.13. The van der Waals surface area contributed by atoms with Crippen LogP contribution in [0.3, 0.4) is 0 Å². The second kappa shape index (κ2) is 8.61. The van der Waals surface area contributed by atoms with Crippen molar-refractivity contribution in [2.24, 2.45) is 4.99 Å². The van der Waals surface area contributed by atoms with Crippen LogP contribution in [0, 0.1) is 6.92 Å². The van der Waals surface area contributed by atoms with Crippen LogP contribution in [0.4, 0.5) is 5.69 Å². The first kappa shape index (κ1) is 20.5. The van der Waals surface area contributed by atoms with Crippen LogP contribution in [0.5, 0.6) is 0 Å². The van der Waals surface area contributed by atoms with Gasteiger partial charge in [0.2, 0.25) is 5.13 Å². The van der Waals surface area contributed by atoms with Crippen LogP contribution in [0.1, 0.15) is 18.2 Å². The molecule has 0 bridgehead atoms. The van der Waals surface area contributed by atoms with Crippen molar-refractivity contribution in [3.8, 4) is 5.13 Å². The van der Waals surface area contributed by atoms with Crippen LogP contribution in [0.15, 0.2) is 98.4 Å². The molecule has 0 amide bonds. The van der Waals surface area contributed by atoms with Crippen molar-refractivity contribution < 1.29 is 0 Å². The van der Waals surface area contributed by atoms with Crippen molar-refractivity contribution in [3.05, 3.63) is 100 Å². The molecule has 0 aliphatic rings. The quantitative estimate of drug-likeness (QED) is 0.312. The third-order valence-electron chi connectivity index (χ3n) is 5.03.